The van der Waals surface area contributed by atoms with Crippen molar-refractivity contribution in [1.29, 1.82) is 0 Å². The monoisotopic (exact) mass is 283 g/mol. The van der Waals surface area contributed by atoms with Gasteiger partial charge >= 0.3 is 5.97 Å². The molecule has 6 heteroatoms. The number of hydrogen-bond donors (Lipinski definition) is 3. The fraction of sp³-hybridized carbons (Fsp3) is 0.385. The Labute approximate surface area is 116 Å². The van der Waals surface area contributed by atoms with E-state index in [1.165, 1.54) is 17.8 Å². The number of hydrogen-bond acceptors (Lipinski definition) is 4. The molecule has 0 aliphatic heterocycles. The summed E-state index contributed by atoms with van der Waals surface area (Å²) in [6.07, 6.45) is 2.22. The highest BCUT2D eigenvalue weighted by molar-refractivity contribution is 7.98. The van der Waals surface area contributed by atoms with Gasteiger partial charge < -0.3 is 15.5 Å². The lowest BCUT2D eigenvalue weighted by Crippen LogP contribution is -2.41. The third kappa shape index (κ3) is 5.21. The van der Waals surface area contributed by atoms with Gasteiger partial charge in [0.2, 0.25) is 5.91 Å². The first-order valence-corrected chi connectivity index (χ1v) is 7.22. The molecule has 1 aromatic rings. The summed E-state index contributed by atoms with van der Waals surface area (Å²) in [6, 6.07) is 5.61. The molecule has 104 valence electrons. The van der Waals surface area contributed by atoms with Crippen molar-refractivity contribution in [2.45, 2.75) is 18.9 Å². The lowest BCUT2D eigenvalue weighted by Gasteiger charge is -2.14. The van der Waals surface area contributed by atoms with Crippen LogP contribution in [0.5, 0.6) is 5.75 Å². The number of carbonyl (C=O) groups is 2. The Morgan fingerprint density at radius 2 is 2.05 bits per heavy atom. The molecular formula is C13H17NO4S. The van der Waals surface area contributed by atoms with E-state index in [0.717, 1.165) is 0 Å². The number of nitrogens with one attached hydrogen (secondary N) is 1. The number of para-hydroxylation sites is 1. The molecule has 0 saturated carbocycles. The smallest absolute Gasteiger partial charge is 0.326 e. The van der Waals surface area contributed by atoms with Gasteiger partial charge in [-0.25, -0.2) is 4.79 Å². The van der Waals surface area contributed by atoms with E-state index in [1.807, 2.05) is 6.26 Å². The largest absolute Gasteiger partial charge is 0.508 e. The Kier molecular flexibility index (Phi) is 6.21. The molecule has 0 unspecified atom stereocenters. The molecule has 0 saturated heterocycles. The molecule has 0 heterocycles. The molecule has 0 aromatic heterocycles. The van der Waals surface area contributed by atoms with Crippen molar-refractivity contribution >= 4 is 23.6 Å². The summed E-state index contributed by atoms with van der Waals surface area (Å²) in [4.78, 5) is 22.7. The highest BCUT2D eigenvalue weighted by atomic mass is 32.2. The molecule has 1 aromatic carbocycles. The van der Waals surface area contributed by atoms with Crippen LogP contribution in [0, 0.1) is 0 Å². The van der Waals surface area contributed by atoms with Crippen LogP contribution in [0.3, 0.4) is 0 Å². The summed E-state index contributed by atoms with van der Waals surface area (Å²) >= 11 is 1.53. The normalized spacial score (nSPS) is 11.8. The van der Waals surface area contributed by atoms with E-state index in [4.69, 9.17) is 5.11 Å². The van der Waals surface area contributed by atoms with Crippen LogP contribution in [-0.2, 0) is 16.0 Å². The van der Waals surface area contributed by atoms with Crippen LogP contribution in [0.1, 0.15) is 12.0 Å². The third-order valence-electron chi connectivity index (χ3n) is 2.59. The van der Waals surface area contributed by atoms with Crippen molar-refractivity contribution in [1.82, 2.24) is 5.32 Å². The van der Waals surface area contributed by atoms with Crippen LogP contribution in [0.4, 0.5) is 0 Å². The minimum absolute atomic E-state index is 0.0320. The minimum atomic E-state index is -1.04. The number of rotatable bonds is 7. The van der Waals surface area contributed by atoms with E-state index in [9.17, 15) is 14.7 Å². The van der Waals surface area contributed by atoms with Crippen molar-refractivity contribution in [3.63, 3.8) is 0 Å². The van der Waals surface area contributed by atoms with Gasteiger partial charge in [-0.3, -0.25) is 4.79 Å². The van der Waals surface area contributed by atoms with E-state index in [0.29, 0.717) is 17.7 Å². The minimum Gasteiger partial charge on any atom is -0.508 e. The number of benzene rings is 1. The fourth-order valence-corrected chi connectivity index (χ4v) is 2.04. The SMILES string of the molecule is CSCC[C@H](NC(=O)Cc1ccccc1O)C(=O)O. The van der Waals surface area contributed by atoms with Crippen LogP contribution in [0.15, 0.2) is 24.3 Å². The number of amides is 1. The summed E-state index contributed by atoms with van der Waals surface area (Å²) in [5.74, 6) is -0.753. The van der Waals surface area contributed by atoms with Crippen molar-refractivity contribution in [2.75, 3.05) is 12.0 Å². The molecule has 0 radical (unpaired) electrons. The lowest BCUT2D eigenvalue weighted by atomic mass is 10.1. The Balaban J connectivity index is 2.58. The van der Waals surface area contributed by atoms with Crippen molar-refractivity contribution in [3.8, 4) is 5.75 Å². The molecule has 1 atom stereocenters. The second-order valence-corrected chi connectivity index (χ2v) is 5.03. The van der Waals surface area contributed by atoms with Gasteiger partial charge in [-0.15, -0.1) is 0 Å². The van der Waals surface area contributed by atoms with Gasteiger partial charge in [0, 0.05) is 5.56 Å². The van der Waals surface area contributed by atoms with Gasteiger partial charge in [-0.1, -0.05) is 18.2 Å². The summed E-state index contributed by atoms with van der Waals surface area (Å²) < 4.78 is 0. The van der Waals surface area contributed by atoms with Crippen LogP contribution < -0.4 is 5.32 Å². The van der Waals surface area contributed by atoms with Crippen molar-refractivity contribution in [3.05, 3.63) is 29.8 Å². The Morgan fingerprint density at radius 3 is 2.63 bits per heavy atom. The molecule has 0 spiro atoms. The molecule has 5 nitrogen and oxygen atoms in total. The first kappa shape index (κ1) is 15.4. The van der Waals surface area contributed by atoms with E-state index in [2.05, 4.69) is 5.32 Å². The van der Waals surface area contributed by atoms with E-state index in [1.54, 1.807) is 18.2 Å². The number of carboxylic acid groups (broad SMARTS) is 1. The van der Waals surface area contributed by atoms with E-state index < -0.39 is 17.9 Å². The van der Waals surface area contributed by atoms with Crippen LogP contribution in [0.25, 0.3) is 0 Å². The van der Waals surface area contributed by atoms with Gasteiger partial charge in [0.15, 0.2) is 0 Å². The highest BCUT2D eigenvalue weighted by Gasteiger charge is 2.19. The number of aliphatic carboxylic acids is 1. The zero-order chi connectivity index (χ0) is 14.3. The number of thioether (sulfide) groups is 1. The average molecular weight is 283 g/mol. The molecule has 1 amide bonds. The lowest BCUT2D eigenvalue weighted by molar-refractivity contribution is -0.141. The Hall–Kier alpha value is -1.69. The molecule has 0 bridgehead atoms. The first-order chi connectivity index (χ1) is 9.04. The molecule has 0 fully saturated rings. The predicted molar refractivity (Wildman–Crippen MR) is 74.4 cm³/mol. The van der Waals surface area contributed by atoms with E-state index in [-0.39, 0.29) is 12.2 Å². The number of carboxylic acids is 1. The molecule has 0 aliphatic rings. The molecule has 19 heavy (non-hydrogen) atoms. The number of carbonyl (C=O) groups excluding carboxylic acids is 1. The summed E-state index contributed by atoms with van der Waals surface area (Å²) in [6.45, 7) is 0. The summed E-state index contributed by atoms with van der Waals surface area (Å²) in [5, 5.41) is 21.0. The maximum atomic E-state index is 11.8. The summed E-state index contributed by atoms with van der Waals surface area (Å²) in [7, 11) is 0. The quantitative estimate of drug-likeness (QED) is 0.701. The first-order valence-electron chi connectivity index (χ1n) is 5.82. The zero-order valence-electron chi connectivity index (χ0n) is 10.6. The number of aromatic hydroxyl groups is 1. The zero-order valence-corrected chi connectivity index (χ0v) is 11.4. The molecular weight excluding hydrogens is 266 g/mol. The fourth-order valence-electron chi connectivity index (χ4n) is 1.57. The Morgan fingerprint density at radius 1 is 1.37 bits per heavy atom. The number of phenolic OH excluding ortho intramolecular Hbond substituents is 1. The van der Waals surface area contributed by atoms with Crippen LogP contribution in [-0.4, -0.2) is 40.1 Å². The predicted octanol–water partition coefficient (Wildman–Crippen LogP) is 1.26. The number of phenols is 1. The highest BCUT2D eigenvalue weighted by Crippen LogP contribution is 2.16. The second kappa shape index (κ2) is 7.68. The molecule has 1 rings (SSSR count). The topological polar surface area (TPSA) is 86.6 Å². The van der Waals surface area contributed by atoms with Crippen LogP contribution in [0.2, 0.25) is 0 Å². The average Bonchev–Trinajstić information content (AvgIpc) is 2.37. The van der Waals surface area contributed by atoms with Gasteiger partial charge in [0.1, 0.15) is 11.8 Å². The van der Waals surface area contributed by atoms with Gasteiger partial charge in [-0.05, 0) is 24.5 Å². The van der Waals surface area contributed by atoms with Gasteiger partial charge in [-0.2, -0.15) is 11.8 Å². The third-order valence-corrected chi connectivity index (χ3v) is 3.23. The Bertz CT molecular complexity index is 450. The summed E-state index contributed by atoms with van der Waals surface area (Å²) in [5.41, 5.74) is 0.481. The standard InChI is InChI=1S/C13H17NO4S/c1-19-7-6-10(13(17)18)14-12(16)8-9-4-2-3-5-11(9)15/h2-5,10,15H,6-8H2,1H3,(H,14,16)(H,17,18)/t10-/m0/s1. The van der Waals surface area contributed by atoms with Crippen molar-refractivity contribution < 1.29 is 19.8 Å². The second-order valence-electron chi connectivity index (χ2n) is 4.05. The molecule has 3 N–H and O–H groups in total. The van der Waals surface area contributed by atoms with Gasteiger partial charge in [0.05, 0.1) is 6.42 Å². The van der Waals surface area contributed by atoms with Crippen LogP contribution >= 0.6 is 11.8 Å². The van der Waals surface area contributed by atoms with Crippen molar-refractivity contribution in [2.24, 2.45) is 0 Å². The van der Waals surface area contributed by atoms with E-state index >= 15 is 0 Å². The maximum absolute atomic E-state index is 11.8. The maximum Gasteiger partial charge on any atom is 0.326 e. The van der Waals surface area contributed by atoms with Gasteiger partial charge in [0.25, 0.3) is 0 Å². The molecule has 0 aliphatic carbocycles.